The molecule has 0 saturated heterocycles. The fraction of sp³-hybridized carbons (Fsp3) is 0.364. The molecule has 16 heavy (non-hydrogen) atoms. The van der Waals surface area contributed by atoms with Crippen molar-refractivity contribution in [3.05, 3.63) is 23.8 Å². The molecule has 0 heterocycles. The molecule has 3 N–H and O–H groups in total. The summed E-state index contributed by atoms with van der Waals surface area (Å²) >= 11 is 0. The Morgan fingerprint density at radius 3 is 2.50 bits per heavy atom. The maximum atomic E-state index is 10.5. The largest absolute Gasteiger partial charge is 0.550 e. The Labute approximate surface area is 93.8 Å². The van der Waals surface area contributed by atoms with E-state index in [2.05, 4.69) is 5.73 Å². The summed E-state index contributed by atoms with van der Waals surface area (Å²) in [5.41, 5.74) is 4.54. The van der Waals surface area contributed by atoms with Crippen LogP contribution in [0.25, 0.3) is 0 Å². The summed E-state index contributed by atoms with van der Waals surface area (Å²) in [6.45, 7) is 0. The van der Waals surface area contributed by atoms with Crippen LogP contribution in [-0.2, 0) is 4.79 Å². The highest BCUT2D eigenvalue weighted by Crippen LogP contribution is 2.29. The van der Waals surface area contributed by atoms with Crippen molar-refractivity contribution in [1.82, 2.24) is 0 Å². The molecule has 0 spiro atoms. The Morgan fingerprint density at radius 1 is 1.38 bits per heavy atom. The smallest absolute Gasteiger partial charge is 0.161 e. The third-order valence-electron chi connectivity index (χ3n) is 2.29. The van der Waals surface area contributed by atoms with Gasteiger partial charge in [0, 0.05) is 18.0 Å². The van der Waals surface area contributed by atoms with Gasteiger partial charge in [0.15, 0.2) is 11.5 Å². The van der Waals surface area contributed by atoms with Crippen LogP contribution in [0, 0.1) is 0 Å². The zero-order valence-corrected chi connectivity index (χ0v) is 9.36. The molecule has 0 aliphatic rings. The number of carboxylic acid groups (broad SMARTS) is 1. The van der Waals surface area contributed by atoms with Gasteiger partial charge in [0.25, 0.3) is 0 Å². The fourth-order valence-corrected chi connectivity index (χ4v) is 1.43. The van der Waals surface area contributed by atoms with Crippen LogP contribution in [0.4, 0.5) is 0 Å². The van der Waals surface area contributed by atoms with E-state index >= 15 is 0 Å². The molecular weight excluding hydrogens is 210 g/mol. The lowest BCUT2D eigenvalue weighted by Crippen LogP contribution is -2.55. The minimum absolute atomic E-state index is 0.116. The van der Waals surface area contributed by atoms with E-state index in [4.69, 9.17) is 9.47 Å². The van der Waals surface area contributed by atoms with Gasteiger partial charge < -0.3 is 25.1 Å². The minimum atomic E-state index is -1.12. The van der Waals surface area contributed by atoms with Crippen LogP contribution in [0.15, 0.2) is 18.2 Å². The molecule has 0 aromatic heterocycles. The lowest BCUT2D eigenvalue weighted by atomic mass is 10.0. The van der Waals surface area contributed by atoms with Gasteiger partial charge in [0.2, 0.25) is 0 Å². The molecule has 1 aromatic rings. The molecule has 1 aromatic carbocycles. The predicted molar refractivity (Wildman–Crippen MR) is 54.8 cm³/mol. The fourth-order valence-electron chi connectivity index (χ4n) is 1.43. The van der Waals surface area contributed by atoms with Crippen molar-refractivity contribution in [3.63, 3.8) is 0 Å². The third kappa shape index (κ3) is 2.87. The van der Waals surface area contributed by atoms with Gasteiger partial charge in [0.1, 0.15) is 6.04 Å². The van der Waals surface area contributed by atoms with Crippen molar-refractivity contribution in [3.8, 4) is 11.5 Å². The maximum Gasteiger partial charge on any atom is 0.161 e. The zero-order valence-electron chi connectivity index (χ0n) is 9.36. The third-order valence-corrected chi connectivity index (χ3v) is 2.29. The first-order chi connectivity index (χ1) is 7.58. The second kappa shape index (κ2) is 5.37. The number of benzene rings is 1. The highest BCUT2D eigenvalue weighted by Gasteiger charge is 2.13. The Morgan fingerprint density at radius 2 is 2.00 bits per heavy atom. The summed E-state index contributed by atoms with van der Waals surface area (Å²) in [5.74, 6) is 0.0497. The number of methoxy groups -OCH3 is 2. The molecule has 1 rings (SSSR count). The Hall–Kier alpha value is -1.75. The zero-order chi connectivity index (χ0) is 12.1. The van der Waals surface area contributed by atoms with E-state index in [1.54, 1.807) is 25.3 Å². The van der Waals surface area contributed by atoms with E-state index in [0.29, 0.717) is 11.5 Å². The topological polar surface area (TPSA) is 86.2 Å². The number of carboxylic acids is 1. The van der Waals surface area contributed by atoms with Crippen molar-refractivity contribution in [1.29, 1.82) is 0 Å². The summed E-state index contributed by atoms with van der Waals surface area (Å²) < 4.78 is 10.2. The van der Waals surface area contributed by atoms with Crippen molar-refractivity contribution in [2.75, 3.05) is 14.2 Å². The summed E-state index contributed by atoms with van der Waals surface area (Å²) in [5, 5.41) is 10.5. The number of rotatable bonds is 5. The van der Waals surface area contributed by atoms with E-state index < -0.39 is 5.97 Å². The van der Waals surface area contributed by atoms with Crippen molar-refractivity contribution >= 4 is 5.97 Å². The molecule has 0 unspecified atom stereocenters. The molecule has 1 atom stereocenters. The van der Waals surface area contributed by atoms with Gasteiger partial charge in [-0.1, -0.05) is 0 Å². The second-order valence-electron chi connectivity index (χ2n) is 3.39. The van der Waals surface area contributed by atoms with Crippen molar-refractivity contribution < 1.29 is 25.1 Å². The van der Waals surface area contributed by atoms with E-state index in [1.165, 1.54) is 7.11 Å². The molecule has 88 valence electrons. The molecule has 0 aliphatic carbocycles. The minimum Gasteiger partial charge on any atom is -0.550 e. The monoisotopic (exact) mass is 225 g/mol. The Balaban J connectivity index is 2.93. The second-order valence-corrected chi connectivity index (χ2v) is 3.39. The summed E-state index contributed by atoms with van der Waals surface area (Å²) in [4.78, 5) is 10.5. The molecular formula is C11H15NO4. The summed E-state index contributed by atoms with van der Waals surface area (Å²) in [6, 6.07) is 4.85. The summed E-state index contributed by atoms with van der Waals surface area (Å²) in [7, 11) is 3.07. The van der Waals surface area contributed by atoms with E-state index in [-0.39, 0.29) is 12.5 Å². The average Bonchev–Trinajstić information content (AvgIpc) is 2.27. The first-order valence-corrected chi connectivity index (χ1v) is 4.83. The number of aliphatic carboxylic acids is 1. The van der Waals surface area contributed by atoms with Crippen LogP contribution < -0.4 is 20.3 Å². The van der Waals surface area contributed by atoms with E-state index in [9.17, 15) is 9.90 Å². The molecule has 0 amide bonds. The normalized spacial score (nSPS) is 11.9. The highest BCUT2D eigenvalue weighted by molar-refractivity contribution is 5.65. The van der Waals surface area contributed by atoms with Gasteiger partial charge in [-0.05, 0) is 18.2 Å². The Bertz CT molecular complexity index is 378. The number of carbonyl (C=O) groups excluding carboxylic acids is 1. The van der Waals surface area contributed by atoms with Gasteiger partial charge in [-0.25, -0.2) is 0 Å². The van der Waals surface area contributed by atoms with Gasteiger partial charge >= 0.3 is 0 Å². The van der Waals surface area contributed by atoms with E-state index in [0.717, 1.165) is 5.56 Å². The van der Waals surface area contributed by atoms with Crippen LogP contribution in [0.2, 0.25) is 0 Å². The molecule has 5 nitrogen and oxygen atoms in total. The van der Waals surface area contributed by atoms with Crippen LogP contribution in [-0.4, -0.2) is 20.2 Å². The first-order valence-electron chi connectivity index (χ1n) is 4.83. The number of quaternary nitrogens is 1. The molecule has 0 radical (unpaired) electrons. The molecule has 0 aliphatic heterocycles. The van der Waals surface area contributed by atoms with Gasteiger partial charge in [0.05, 0.1) is 14.2 Å². The quantitative estimate of drug-likeness (QED) is 0.705. The van der Waals surface area contributed by atoms with Crippen LogP contribution >= 0.6 is 0 Å². The lowest BCUT2D eigenvalue weighted by Gasteiger charge is -2.13. The lowest BCUT2D eigenvalue weighted by molar-refractivity contribution is -0.430. The highest BCUT2D eigenvalue weighted by atomic mass is 16.5. The van der Waals surface area contributed by atoms with Gasteiger partial charge in [-0.2, -0.15) is 0 Å². The van der Waals surface area contributed by atoms with E-state index in [1.807, 2.05) is 0 Å². The predicted octanol–water partition coefficient (Wildman–Crippen LogP) is -0.873. The molecule has 0 bridgehead atoms. The number of ether oxygens (including phenoxy) is 2. The number of hydrogen-bond acceptors (Lipinski definition) is 4. The van der Waals surface area contributed by atoms with Crippen LogP contribution in [0.1, 0.15) is 18.0 Å². The van der Waals surface area contributed by atoms with Gasteiger partial charge in [-0.3, -0.25) is 0 Å². The van der Waals surface area contributed by atoms with Gasteiger partial charge in [-0.15, -0.1) is 0 Å². The summed E-state index contributed by atoms with van der Waals surface area (Å²) in [6.07, 6.45) is -0.116. The SMILES string of the molecule is COc1ccc([C@@H]([NH3+])CC(=O)[O-])cc1OC. The average molecular weight is 225 g/mol. The van der Waals surface area contributed by atoms with Crippen LogP contribution in [0.3, 0.4) is 0 Å². The van der Waals surface area contributed by atoms with Crippen LogP contribution in [0.5, 0.6) is 11.5 Å². The Kier molecular flexibility index (Phi) is 4.13. The molecule has 0 fully saturated rings. The number of hydrogen-bond donors (Lipinski definition) is 1. The van der Waals surface area contributed by atoms with Crippen molar-refractivity contribution in [2.45, 2.75) is 12.5 Å². The standard InChI is InChI=1S/C11H15NO4/c1-15-9-4-3-7(5-10(9)16-2)8(12)6-11(13)14/h3-5,8H,6,12H2,1-2H3,(H,13,14)/t8-/m0/s1. The van der Waals surface area contributed by atoms with Crippen molar-refractivity contribution in [2.24, 2.45) is 0 Å². The first kappa shape index (κ1) is 12.3. The maximum absolute atomic E-state index is 10.5. The molecule has 5 heteroatoms. The molecule has 0 saturated carbocycles. The number of carbonyl (C=O) groups is 1.